The van der Waals surface area contributed by atoms with Crippen molar-refractivity contribution in [1.29, 1.82) is 0 Å². The lowest BCUT2D eigenvalue weighted by Gasteiger charge is -2.17. The molecule has 0 saturated heterocycles. The Balaban J connectivity index is 1.32. The number of benzene rings is 2. The molecule has 0 spiro atoms. The topological polar surface area (TPSA) is 112 Å². The van der Waals surface area contributed by atoms with Gasteiger partial charge in [-0.15, -0.1) is 0 Å². The van der Waals surface area contributed by atoms with Crippen LogP contribution in [0.1, 0.15) is 30.0 Å². The number of aliphatic hydroxyl groups excluding tert-OH is 1. The van der Waals surface area contributed by atoms with Crippen LogP contribution in [-0.2, 0) is 6.42 Å². The number of anilines is 2. The molecule has 0 aliphatic heterocycles. The second kappa shape index (κ2) is 12.1. The number of halogens is 1. The number of pyridine rings is 1. The van der Waals surface area contributed by atoms with E-state index < -0.39 is 6.04 Å². The summed E-state index contributed by atoms with van der Waals surface area (Å²) in [6.07, 6.45) is 4.44. The van der Waals surface area contributed by atoms with E-state index in [2.05, 4.69) is 43.0 Å². The number of aliphatic hydroxyl groups is 1. The fourth-order valence-electron chi connectivity index (χ4n) is 3.63. The van der Waals surface area contributed by atoms with Gasteiger partial charge in [-0.1, -0.05) is 54.1 Å². The van der Waals surface area contributed by atoms with Crippen molar-refractivity contribution in [3.8, 4) is 0 Å². The number of carbonyl (C=O) groups is 1. The highest BCUT2D eigenvalue weighted by Crippen LogP contribution is 2.22. The normalized spacial score (nSPS) is 11.7. The van der Waals surface area contributed by atoms with Crippen molar-refractivity contribution < 1.29 is 9.90 Å². The standard InChI is InChI=1S/C26H27ClN6O2/c27-20-11-6-10-19(15-20)22(17-34)30-24-16-29-21-12-13-23(31-25(21)32-24)33-26(35)28-14-5-4-9-18-7-2-1-3-8-18/h1-3,6-8,10-13,15-16,22,34H,4-5,9,14,17H2,(H3,28,30,31,32,33,35). The molecule has 4 N–H and O–H groups in total. The SMILES string of the molecule is O=C(NCCCCc1ccccc1)Nc1ccc2ncc(NC(CO)c3cccc(Cl)c3)nc2n1. The van der Waals surface area contributed by atoms with Gasteiger partial charge in [-0.25, -0.2) is 19.7 Å². The van der Waals surface area contributed by atoms with Crippen molar-refractivity contribution in [1.82, 2.24) is 20.3 Å². The van der Waals surface area contributed by atoms with Gasteiger partial charge in [0.15, 0.2) is 5.65 Å². The lowest BCUT2D eigenvalue weighted by Crippen LogP contribution is -2.29. The van der Waals surface area contributed by atoms with Crippen molar-refractivity contribution in [2.24, 2.45) is 0 Å². The van der Waals surface area contributed by atoms with Crippen molar-refractivity contribution in [3.63, 3.8) is 0 Å². The molecule has 2 aromatic carbocycles. The number of hydrogen-bond donors (Lipinski definition) is 4. The molecule has 0 saturated carbocycles. The minimum Gasteiger partial charge on any atom is -0.394 e. The molecule has 0 radical (unpaired) electrons. The molecule has 2 aromatic heterocycles. The Kier molecular flexibility index (Phi) is 8.43. The molecule has 0 aliphatic rings. The fraction of sp³-hybridized carbons (Fsp3) is 0.231. The van der Waals surface area contributed by atoms with E-state index in [1.165, 1.54) is 5.56 Å². The van der Waals surface area contributed by atoms with Crippen LogP contribution in [0.5, 0.6) is 0 Å². The van der Waals surface area contributed by atoms with Gasteiger partial charge in [0.2, 0.25) is 0 Å². The number of nitrogens with zero attached hydrogens (tertiary/aromatic N) is 3. The van der Waals surface area contributed by atoms with Gasteiger partial charge in [-0.2, -0.15) is 0 Å². The number of nitrogens with one attached hydrogen (secondary N) is 3. The van der Waals surface area contributed by atoms with Crippen molar-refractivity contribution >= 4 is 40.4 Å². The van der Waals surface area contributed by atoms with Crippen molar-refractivity contribution in [2.45, 2.75) is 25.3 Å². The molecule has 0 bridgehead atoms. The predicted octanol–water partition coefficient (Wildman–Crippen LogP) is 4.97. The first-order chi connectivity index (χ1) is 17.1. The summed E-state index contributed by atoms with van der Waals surface area (Å²) in [5.74, 6) is 0.823. The minimum absolute atomic E-state index is 0.152. The molecule has 4 rings (SSSR count). The van der Waals surface area contributed by atoms with Crippen molar-refractivity contribution in [3.05, 3.63) is 89.1 Å². The number of amides is 2. The third kappa shape index (κ3) is 7.11. The van der Waals surface area contributed by atoms with Gasteiger partial charge >= 0.3 is 6.03 Å². The second-order valence-electron chi connectivity index (χ2n) is 8.05. The smallest absolute Gasteiger partial charge is 0.320 e. The zero-order valence-electron chi connectivity index (χ0n) is 19.1. The molecule has 1 atom stereocenters. The molecule has 180 valence electrons. The molecule has 2 amide bonds. The number of carbonyl (C=O) groups excluding carboxylic acids is 1. The van der Waals surface area contributed by atoms with Crippen LogP contribution in [-0.4, -0.2) is 39.2 Å². The van der Waals surface area contributed by atoms with E-state index in [0.717, 1.165) is 24.8 Å². The molecule has 35 heavy (non-hydrogen) atoms. The van der Waals surface area contributed by atoms with Crippen LogP contribution in [0.4, 0.5) is 16.4 Å². The van der Waals surface area contributed by atoms with Crippen LogP contribution < -0.4 is 16.0 Å². The Morgan fingerprint density at radius 3 is 2.60 bits per heavy atom. The molecule has 9 heteroatoms. The van der Waals surface area contributed by atoms with E-state index in [9.17, 15) is 9.90 Å². The number of hydrogen-bond acceptors (Lipinski definition) is 6. The van der Waals surface area contributed by atoms with Crippen LogP contribution >= 0.6 is 11.6 Å². The van der Waals surface area contributed by atoms with Gasteiger partial charge in [0.1, 0.15) is 17.2 Å². The fourth-order valence-corrected chi connectivity index (χ4v) is 3.83. The number of urea groups is 1. The van der Waals surface area contributed by atoms with E-state index in [0.29, 0.717) is 34.4 Å². The number of aromatic nitrogens is 3. The maximum atomic E-state index is 12.3. The molecular weight excluding hydrogens is 464 g/mol. The second-order valence-corrected chi connectivity index (χ2v) is 8.49. The van der Waals surface area contributed by atoms with Gasteiger partial charge in [-0.05, 0) is 54.7 Å². The number of fused-ring (bicyclic) bond motifs is 1. The lowest BCUT2D eigenvalue weighted by molar-refractivity contribution is 0.252. The summed E-state index contributed by atoms with van der Waals surface area (Å²) in [4.78, 5) is 25.5. The monoisotopic (exact) mass is 490 g/mol. The third-order valence-corrected chi connectivity index (χ3v) is 5.66. The summed E-state index contributed by atoms with van der Waals surface area (Å²) >= 11 is 6.07. The first kappa shape index (κ1) is 24.4. The molecule has 1 unspecified atom stereocenters. The van der Waals surface area contributed by atoms with Crippen LogP contribution in [0.15, 0.2) is 72.9 Å². The first-order valence-corrected chi connectivity index (χ1v) is 11.8. The quantitative estimate of drug-likeness (QED) is 0.233. The summed E-state index contributed by atoms with van der Waals surface area (Å²) < 4.78 is 0. The average Bonchev–Trinajstić information content (AvgIpc) is 2.87. The third-order valence-electron chi connectivity index (χ3n) is 5.42. The minimum atomic E-state index is -0.408. The Morgan fingerprint density at radius 1 is 0.971 bits per heavy atom. The molecule has 0 aliphatic carbocycles. The van der Waals surface area contributed by atoms with E-state index in [1.54, 1.807) is 30.5 Å². The molecule has 2 heterocycles. The summed E-state index contributed by atoms with van der Waals surface area (Å²) in [5, 5.41) is 19.2. The number of unbranched alkanes of at least 4 members (excludes halogenated alkanes) is 1. The summed E-state index contributed by atoms with van der Waals surface area (Å²) in [6, 6.07) is 20.2. The zero-order valence-corrected chi connectivity index (χ0v) is 19.9. The van der Waals surface area contributed by atoms with E-state index in [4.69, 9.17) is 11.6 Å². The van der Waals surface area contributed by atoms with Crippen LogP contribution in [0.3, 0.4) is 0 Å². The molecule has 4 aromatic rings. The highest BCUT2D eigenvalue weighted by molar-refractivity contribution is 6.30. The Hall–Kier alpha value is -3.75. The first-order valence-electron chi connectivity index (χ1n) is 11.5. The van der Waals surface area contributed by atoms with Gasteiger partial charge in [0.25, 0.3) is 0 Å². The predicted molar refractivity (Wildman–Crippen MR) is 139 cm³/mol. The van der Waals surface area contributed by atoms with Crippen LogP contribution in [0, 0.1) is 0 Å². The van der Waals surface area contributed by atoms with E-state index >= 15 is 0 Å². The largest absolute Gasteiger partial charge is 0.394 e. The number of aryl methyl sites for hydroxylation is 1. The van der Waals surface area contributed by atoms with Gasteiger partial charge in [0.05, 0.1) is 18.8 Å². The summed E-state index contributed by atoms with van der Waals surface area (Å²) in [7, 11) is 0. The van der Waals surface area contributed by atoms with Crippen LogP contribution in [0.2, 0.25) is 5.02 Å². The summed E-state index contributed by atoms with van der Waals surface area (Å²) in [6.45, 7) is 0.423. The Morgan fingerprint density at radius 2 is 1.80 bits per heavy atom. The maximum Gasteiger partial charge on any atom is 0.320 e. The van der Waals surface area contributed by atoms with E-state index in [1.807, 2.05) is 30.3 Å². The molecule has 0 fully saturated rings. The highest BCUT2D eigenvalue weighted by Gasteiger charge is 2.13. The Bertz CT molecular complexity index is 1270. The van der Waals surface area contributed by atoms with Gasteiger partial charge in [0, 0.05) is 11.6 Å². The molecule has 8 nitrogen and oxygen atoms in total. The number of rotatable bonds is 10. The molecular formula is C26H27ClN6O2. The van der Waals surface area contributed by atoms with Crippen molar-refractivity contribution in [2.75, 3.05) is 23.8 Å². The average molecular weight is 491 g/mol. The zero-order chi connectivity index (χ0) is 24.5. The maximum absolute atomic E-state index is 12.3. The van der Waals surface area contributed by atoms with Crippen LogP contribution in [0.25, 0.3) is 11.2 Å². The Labute approximate surface area is 208 Å². The van der Waals surface area contributed by atoms with Gasteiger partial charge < -0.3 is 15.7 Å². The lowest BCUT2D eigenvalue weighted by atomic mass is 10.1. The highest BCUT2D eigenvalue weighted by atomic mass is 35.5. The summed E-state index contributed by atoms with van der Waals surface area (Å²) in [5.41, 5.74) is 3.08. The van der Waals surface area contributed by atoms with E-state index in [-0.39, 0.29) is 12.6 Å². The van der Waals surface area contributed by atoms with Gasteiger partial charge in [-0.3, -0.25) is 5.32 Å².